The number of rotatable bonds is 4. The number of ether oxygens (including phenoxy) is 1. The third-order valence-corrected chi connectivity index (χ3v) is 2.15. The van der Waals surface area contributed by atoms with Crippen molar-refractivity contribution in [2.24, 2.45) is 0 Å². The first kappa shape index (κ1) is 11.1. The van der Waals surface area contributed by atoms with Gasteiger partial charge in [-0.1, -0.05) is 29.4 Å². The van der Waals surface area contributed by atoms with Gasteiger partial charge in [0, 0.05) is 6.42 Å². The molecule has 2 aromatic rings. The third kappa shape index (κ3) is 2.60. The average molecular weight is 229 g/mol. The lowest BCUT2D eigenvalue weighted by atomic mass is 10.2. The SMILES string of the molecule is C=CCc1oncc1C(=O)Oc1ccccc1. The Morgan fingerprint density at radius 2 is 2.18 bits per heavy atom. The molecule has 0 aliphatic rings. The molecule has 4 heteroatoms. The zero-order valence-corrected chi connectivity index (χ0v) is 9.13. The van der Waals surface area contributed by atoms with Gasteiger partial charge in [-0.15, -0.1) is 6.58 Å². The first-order valence-corrected chi connectivity index (χ1v) is 5.13. The Morgan fingerprint density at radius 1 is 1.41 bits per heavy atom. The van der Waals surface area contributed by atoms with E-state index in [1.807, 2.05) is 6.07 Å². The lowest BCUT2D eigenvalue weighted by Gasteiger charge is -2.02. The first-order chi connectivity index (χ1) is 8.31. The van der Waals surface area contributed by atoms with Gasteiger partial charge in [0.1, 0.15) is 11.3 Å². The number of aromatic nitrogens is 1. The maximum absolute atomic E-state index is 11.8. The van der Waals surface area contributed by atoms with E-state index in [9.17, 15) is 4.79 Å². The number of nitrogens with zero attached hydrogens (tertiary/aromatic N) is 1. The summed E-state index contributed by atoms with van der Waals surface area (Å²) >= 11 is 0. The van der Waals surface area contributed by atoms with Crippen molar-refractivity contribution in [2.75, 3.05) is 0 Å². The second-order valence-corrected chi connectivity index (χ2v) is 3.36. The van der Waals surface area contributed by atoms with Crippen molar-refractivity contribution in [3.8, 4) is 5.75 Å². The highest BCUT2D eigenvalue weighted by Gasteiger charge is 2.17. The van der Waals surface area contributed by atoms with E-state index < -0.39 is 5.97 Å². The van der Waals surface area contributed by atoms with Gasteiger partial charge in [0.15, 0.2) is 5.76 Å². The number of hydrogen-bond donors (Lipinski definition) is 0. The number of carbonyl (C=O) groups excluding carboxylic acids is 1. The van der Waals surface area contributed by atoms with E-state index in [1.54, 1.807) is 30.3 Å². The summed E-state index contributed by atoms with van der Waals surface area (Å²) in [4.78, 5) is 11.8. The van der Waals surface area contributed by atoms with Gasteiger partial charge in [0.25, 0.3) is 0 Å². The predicted molar refractivity (Wildman–Crippen MR) is 61.8 cm³/mol. The van der Waals surface area contributed by atoms with Crippen LogP contribution in [0.5, 0.6) is 5.75 Å². The number of para-hydroxylation sites is 1. The highest BCUT2D eigenvalue weighted by molar-refractivity contribution is 5.91. The average Bonchev–Trinajstić information content (AvgIpc) is 2.79. The zero-order chi connectivity index (χ0) is 12.1. The first-order valence-electron chi connectivity index (χ1n) is 5.13. The minimum absolute atomic E-state index is 0.328. The quantitative estimate of drug-likeness (QED) is 0.459. The van der Waals surface area contributed by atoms with Crippen molar-refractivity contribution in [2.45, 2.75) is 6.42 Å². The summed E-state index contributed by atoms with van der Waals surface area (Å²) in [7, 11) is 0. The highest BCUT2D eigenvalue weighted by Crippen LogP contribution is 2.15. The molecule has 2 rings (SSSR count). The summed E-state index contributed by atoms with van der Waals surface area (Å²) in [5.41, 5.74) is 0.328. The molecule has 0 N–H and O–H groups in total. The summed E-state index contributed by atoms with van der Waals surface area (Å²) in [6.45, 7) is 3.58. The van der Waals surface area contributed by atoms with Crippen LogP contribution >= 0.6 is 0 Å². The Bertz CT molecular complexity index is 516. The van der Waals surface area contributed by atoms with Crippen LogP contribution in [0.3, 0.4) is 0 Å². The lowest BCUT2D eigenvalue weighted by Crippen LogP contribution is -2.09. The maximum Gasteiger partial charge on any atom is 0.348 e. The molecule has 0 amide bonds. The molecular weight excluding hydrogens is 218 g/mol. The van der Waals surface area contributed by atoms with Crippen LogP contribution in [0.1, 0.15) is 16.1 Å². The summed E-state index contributed by atoms with van der Waals surface area (Å²) < 4.78 is 10.1. The third-order valence-electron chi connectivity index (χ3n) is 2.15. The van der Waals surface area contributed by atoms with Crippen molar-refractivity contribution >= 4 is 5.97 Å². The van der Waals surface area contributed by atoms with Crippen LogP contribution in [0.4, 0.5) is 0 Å². The van der Waals surface area contributed by atoms with Crippen LogP contribution in [0.25, 0.3) is 0 Å². The molecule has 0 unspecified atom stereocenters. The van der Waals surface area contributed by atoms with Crippen molar-refractivity contribution in [1.29, 1.82) is 0 Å². The topological polar surface area (TPSA) is 52.3 Å². The normalized spacial score (nSPS) is 9.88. The molecule has 0 fully saturated rings. The van der Waals surface area contributed by atoms with Crippen molar-refractivity contribution in [1.82, 2.24) is 5.16 Å². The maximum atomic E-state index is 11.8. The van der Waals surface area contributed by atoms with Crippen molar-refractivity contribution < 1.29 is 14.1 Å². The largest absolute Gasteiger partial charge is 0.423 e. The molecule has 0 bridgehead atoms. The van der Waals surface area contributed by atoms with E-state index in [0.717, 1.165) is 0 Å². The van der Waals surface area contributed by atoms with E-state index in [-0.39, 0.29) is 0 Å². The Hall–Kier alpha value is -2.36. The number of hydrogen-bond acceptors (Lipinski definition) is 4. The van der Waals surface area contributed by atoms with Crippen molar-refractivity contribution in [3.63, 3.8) is 0 Å². The molecule has 0 saturated heterocycles. The van der Waals surface area contributed by atoms with Crippen molar-refractivity contribution in [3.05, 3.63) is 60.5 Å². The Kier molecular flexibility index (Phi) is 3.35. The molecule has 0 aliphatic carbocycles. The number of allylic oxidation sites excluding steroid dienone is 1. The molecule has 0 aliphatic heterocycles. The van der Waals surface area contributed by atoms with Gasteiger partial charge in [-0.3, -0.25) is 0 Å². The van der Waals surface area contributed by atoms with E-state index in [2.05, 4.69) is 11.7 Å². The highest BCUT2D eigenvalue weighted by atomic mass is 16.5. The second kappa shape index (κ2) is 5.12. The molecule has 1 heterocycles. The summed E-state index contributed by atoms with van der Waals surface area (Å²) in [6, 6.07) is 8.85. The molecule has 0 saturated carbocycles. The summed E-state index contributed by atoms with van der Waals surface area (Å²) in [5, 5.41) is 3.58. The Labute approximate surface area is 98.5 Å². The smallest absolute Gasteiger partial charge is 0.348 e. The molecule has 4 nitrogen and oxygen atoms in total. The molecule has 86 valence electrons. The van der Waals surface area contributed by atoms with Gasteiger partial charge in [0.2, 0.25) is 0 Å². The van der Waals surface area contributed by atoms with Gasteiger partial charge in [0.05, 0.1) is 6.20 Å². The van der Waals surface area contributed by atoms with Gasteiger partial charge in [-0.05, 0) is 12.1 Å². The fraction of sp³-hybridized carbons (Fsp3) is 0.0769. The van der Waals surface area contributed by atoms with Gasteiger partial charge >= 0.3 is 5.97 Å². The molecule has 0 atom stereocenters. The number of benzene rings is 1. The minimum atomic E-state index is -0.477. The minimum Gasteiger partial charge on any atom is -0.423 e. The predicted octanol–water partition coefficient (Wildman–Crippen LogP) is 2.62. The van der Waals surface area contributed by atoms with Gasteiger partial charge < -0.3 is 9.26 Å². The summed E-state index contributed by atoms with van der Waals surface area (Å²) in [5.74, 6) is 0.471. The Balaban J connectivity index is 2.15. The summed E-state index contributed by atoms with van der Waals surface area (Å²) in [6.07, 6.45) is 3.43. The van der Waals surface area contributed by atoms with Crippen LogP contribution < -0.4 is 4.74 Å². The number of carbonyl (C=O) groups is 1. The fourth-order valence-corrected chi connectivity index (χ4v) is 1.36. The second-order valence-electron chi connectivity index (χ2n) is 3.36. The molecule has 0 spiro atoms. The lowest BCUT2D eigenvalue weighted by molar-refractivity contribution is 0.0732. The van der Waals surface area contributed by atoms with Crippen LogP contribution in [-0.4, -0.2) is 11.1 Å². The fourth-order valence-electron chi connectivity index (χ4n) is 1.36. The Morgan fingerprint density at radius 3 is 2.88 bits per heavy atom. The monoisotopic (exact) mass is 229 g/mol. The van der Waals surface area contributed by atoms with Crippen LogP contribution in [-0.2, 0) is 6.42 Å². The van der Waals surface area contributed by atoms with Crippen LogP contribution in [0, 0.1) is 0 Å². The molecule has 0 radical (unpaired) electrons. The standard InChI is InChI=1S/C13H11NO3/c1-2-6-12-11(9-14-17-12)13(15)16-10-7-4-3-5-8-10/h2-5,7-9H,1,6H2. The number of esters is 1. The van der Waals surface area contributed by atoms with Crippen LogP contribution in [0.2, 0.25) is 0 Å². The van der Waals surface area contributed by atoms with E-state index in [0.29, 0.717) is 23.5 Å². The van der Waals surface area contributed by atoms with Gasteiger partial charge in [-0.2, -0.15) is 0 Å². The molecule has 1 aromatic heterocycles. The van der Waals surface area contributed by atoms with Gasteiger partial charge in [-0.25, -0.2) is 4.79 Å². The van der Waals surface area contributed by atoms with E-state index in [1.165, 1.54) is 6.20 Å². The van der Waals surface area contributed by atoms with E-state index >= 15 is 0 Å². The molecule has 1 aromatic carbocycles. The molecule has 17 heavy (non-hydrogen) atoms. The van der Waals surface area contributed by atoms with Crippen LogP contribution in [0.15, 0.2) is 53.7 Å². The molecular formula is C13H11NO3. The van der Waals surface area contributed by atoms with E-state index in [4.69, 9.17) is 9.26 Å². The zero-order valence-electron chi connectivity index (χ0n) is 9.13.